The number of carbonyl (C=O) groups excluding carboxylic acids is 1. The molecule has 0 aliphatic heterocycles. The van der Waals surface area contributed by atoms with Crippen LogP contribution in [0.2, 0.25) is 0 Å². The number of fused-ring (bicyclic) bond motifs is 1. The molecule has 0 bridgehead atoms. The van der Waals surface area contributed by atoms with E-state index in [0.717, 1.165) is 18.5 Å². The van der Waals surface area contributed by atoms with Gasteiger partial charge in [-0.05, 0) is 31.4 Å². The minimum atomic E-state index is -0.681. The summed E-state index contributed by atoms with van der Waals surface area (Å²) in [6, 6.07) is 5.59. The van der Waals surface area contributed by atoms with Crippen LogP contribution in [0, 0.1) is 12.8 Å². The zero-order valence-corrected chi connectivity index (χ0v) is 17.8. The van der Waals surface area contributed by atoms with Gasteiger partial charge in [0.15, 0.2) is 5.69 Å². The molecule has 0 aliphatic rings. The van der Waals surface area contributed by atoms with Gasteiger partial charge in [-0.2, -0.15) is 0 Å². The molecule has 3 aromatic heterocycles. The van der Waals surface area contributed by atoms with E-state index in [1.54, 1.807) is 6.20 Å². The molecule has 3 aromatic rings. The third kappa shape index (κ3) is 4.00. The molecular weight excluding hydrogens is 384 g/mol. The molecule has 0 atom stereocenters. The number of anilines is 2. The van der Waals surface area contributed by atoms with Crippen LogP contribution in [0.1, 0.15) is 49.8 Å². The number of aromatic nitrogens is 4. The van der Waals surface area contributed by atoms with Gasteiger partial charge in [0.25, 0.3) is 11.5 Å². The molecule has 3 rings (SSSR count). The van der Waals surface area contributed by atoms with E-state index in [9.17, 15) is 14.4 Å². The van der Waals surface area contributed by atoms with Gasteiger partial charge in [-0.15, -0.1) is 0 Å². The van der Waals surface area contributed by atoms with Crippen molar-refractivity contribution in [1.29, 1.82) is 0 Å². The van der Waals surface area contributed by atoms with Crippen LogP contribution in [0.4, 0.5) is 11.5 Å². The van der Waals surface area contributed by atoms with Crippen molar-refractivity contribution in [3.8, 4) is 0 Å². The molecule has 30 heavy (non-hydrogen) atoms. The summed E-state index contributed by atoms with van der Waals surface area (Å²) >= 11 is 0. The van der Waals surface area contributed by atoms with Gasteiger partial charge in [0, 0.05) is 25.0 Å². The second kappa shape index (κ2) is 8.56. The van der Waals surface area contributed by atoms with Crippen LogP contribution in [0.5, 0.6) is 0 Å². The number of aryl methyl sites for hydroxylation is 1. The number of hydrogen-bond donors (Lipinski definition) is 2. The number of amides is 1. The van der Waals surface area contributed by atoms with E-state index in [2.05, 4.69) is 9.97 Å². The zero-order valence-electron chi connectivity index (χ0n) is 17.8. The SMILES string of the molecule is CCCCn1c(N)c(N(CC(C)C)C(=O)c2cn3c(C)cccc3n2)c(=O)[nH]c1=O. The fourth-order valence-electron chi connectivity index (χ4n) is 3.41. The molecule has 3 N–H and O–H groups in total. The predicted molar refractivity (Wildman–Crippen MR) is 117 cm³/mol. The van der Waals surface area contributed by atoms with Gasteiger partial charge in [0.1, 0.15) is 17.2 Å². The van der Waals surface area contributed by atoms with Gasteiger partial charge in [0.05, 0.1) is 0 Å². The number of carbonyl (C=O) groups is 1. The third-order valence-corrected chi connectivity index (χ3v) is 4.93. The smallest absolute Gasteiger partial charge is 0.330 e. The van der Waals surface area contributed by atoms with Crippen LogP contribution in [-0.4, -0.2) is 31.4 Å². The molecule has 0 saturated heterocycles. The van der Waals surface area contributed by atoms with Gasteiger partial charge in [-0.3, -0.25) is 24.0 Å². The van der Waals surface area contributed by atoms with Crippen LogP contribution in [-0.2, 0) is 6.54 Å². The van der Waals surface area contributed by atoms with Crippen molar-refractivity contribution < 1.29 is 4.79 Å². The van der Waals surface area contributed by atoms with E-state index in [1.165, 1.54) is 9.47 Å². The van der Waals surface area contributed by atoms with Crippen molar-refractivity contribution in [3.05, 3.63) is 56.6 Å². The predicted octanol–water partition coefficient (Wildman–Crippen LogP) is 2.18. The Balaban J connectivity index is 2.14. The normalized spacial score (nSPS) is 11.4. The molecule has 0 unspecified atom stereocenters. The first-order valence-electron chi connectivity index (χ1n) is 10.1. The summed E-state index contributed by atoms with van der Waals surface area (Å²) < 4.78 is 3.13. The van der Waals surface area contributed by atoms with Gasteiger partial charge in [0.2, 0.25) is 0 Å². The Morgan fingerprint density at radius 3 is 2.67 bits per heavy atom. The summed E-state index contributed by atoms with van der Waals surface area (Å²) in [6.07, 6.45) is 3.23. The lowest BCUT2D eigenvalue weighted by Gasteiger charge is -2.25. The summed E-state index contributed by atoms with van der Waals surface area (Å²) in [5, 5.41) is 0. The quantitative estimate of drug-likeness (QED) is 0.616. The second-order valence-corrected chi connectivity index (χ2v) is 7.83. The number of unbranched alkanes of at least 4 members (excludes halogenated alkanes) is 1. The molecule has 0 aliphatic carbocycles. The minimum absolute atomic E-state index is 0.00820. The highest BCUT2D eigenvalue weighted by Crippen LogP contribution is 2.21. The number of nitrogens with one attached hydrogen (secondary N) is 1. The van der Waals surface area contributed by atoms with Gasteiger partial charge >= 0.3 is 5.69 Å². The highest BCUT2D eigenvalue weighted by Gasteiger charge is 2.27. The van der Waals surface area contributed by atoms with Gasteiger partial charge < -0.3 is 10.1 Å². The maximum absolute atomic E-state index is 13.4. The number of imidazole rings is 1. The Hall–Kier alpha value is -3.36. The Morgan fingerprint density at radius 2 is 2.03 bits per heavy atom. The zero-order chi connectivity index (χ0) is 22.0. The molecule has 0 fully saturated rings. The van der Waals surface area contributed by atoms with E-state index in [-0.39, 0.29) is 29.7 Å². The molecule has 0 saturated carbocycles. The number of nitrogens with two attached hydrogens (primary N) is 1. The number of pyridine rings is 1. The topological polar surface area (TPSA) is 118 Å². The lowest BCUT2D eigenvalue weighted by molar-refractivity contribution is 0.0979. The molecular formula is C21H28N6O3. The van der Waals surface area contributed by atoms with Crippen LogP contribution < -0.4 is 21.9 Å². The molecule has 160 valence electrons. The lowest BCUT2D eigenvalue weighted by Crippen LogP contribution is -2.42. The Bertz CT molecular complexity index is 1190. The van der Waals surface area contributed by atoms with Crippen molar-refractivity contribution >= 4 is 23.1 Å². The second-order valence-electron chi connectivity index (χ2n) is 7.83. The fourth-order valence-corrected chi connectivity index (χ4v) is 3.41. The van der Waals surface area contributed by atoms with Gasteiger partial charge in [-0.1, -0.05) is 33.3 Å². The highest BCUT2D eigenvalue weighted by molar-refractivity contribution is 6.06. The number of H-pyrrole nitrogens is 1. The van der Waals surface area contributed by atoms with Crippen LogP contribution in [0.25, 0.3) is 5.65 Å². The Morgan fingerprint density at radius 1 is 1.30 bits per heavy atom. The molecule has 9 nitrogen and oxygen atoms in total. The average molecular weight is 412 g/mol. The Kier molecular flexibility index (Phi) is 6.09. The fraction of sp³-hybridized carbons (Fsp3) is 0.429. The molecule has 3 heterocycles. The van der Waals surface area contributed by atoms with E-state index in [0.29, 0.717) is 12.2 Å². The van der Waals surface area contributed by atoms with Crippen molar-refractivity contribution in [2.24, 2.45) is 5.92 Å². The molecule has 9 heteroatoms. The van der Waals surface area contributed by atoms with Crippen LogP contribution >= 0.6 is 0 Å². The minimum Gasteiger partial charge on any atom is -0.383 e. The maximum atomic E-state index is 13.4. The first kappa shape index (κ1) is 21.4. The highest BCUT2D eigenvalue weighted by atomic mass is 16.2. The number of nitrogens with zero attached hydrogens (tertiary/aromatic N) is 4. The first-order chi connectivity index (χ1) is 14.2. The van der Waals surface area contributed by atoms with E-state index in [1.807, 2.05) is 50.3 Å². The molecule has 0 radical (unpaired) electrons. The van der Waals surface area contributed by atoms with Crippen molar-refractivity contribution in [3.63, 3.8) is 0 Å². The first-order valence-corrected chi connectivity index (χ1v) is 10.1. The van der Waals surface area contributed by atoms with Crippen molar-refractivity contribution in [2.75, 3.05) is 17.2 Å². The monoisotopic (exact) mass is 412 g/mol. The number of hydrogen-bond acceptors (Lipinski definition) is 5. The summed E-state index contributed by atoms with van der Waals surface area (Å²) in [6.45, 7) is 8.40. The summed E-state index contributed by atoms with van der Waals surface area (Å²) in [4.78, 5) is 46.5. The van der Waals surface area contributed by atoms with Gasteiger partial charge in [-0.25, -0.2) is 9.78 Å². The van der Waals surface area contributed by atoms with E-state index >= 15 is 0 Å². The number of nitrogen functional groups attached to an aromatic ring is 1. The third-order valence-electron chi connectivity index (χ3n) is 4.93. The average Bonchev–Trinajstić information content (AvgIpc) is 3.12. The van der Waals surface area contributed by atoms with Crippen molar-refractivity contribution in [2.45, 2.75) is 47.1 Å². The summed E-state index contributed by atoms with van der Waals surface area (Å²) in [7, 11) is 0. The number of aromatic amines is 1. The van der Waals surface area contributed by atoms with Crippen LogP contribution in [0.15, 0.2) is 34.0 Å². The standard InChI is InChI=1S/C21H28N6O3/c1-5-6-10-25-18(22)17(19(28)24-21(25)30)27(11-13(2)3)20(29)15-12-26-14(4)8-7-9-16(26)23-15/h7-9,12-13H,5-6,10-11,22H2,1-4H3,(H,24,28,30). The summed E-state index contributed by atoms with van der Waals surface area (Å²) in [5.41, 5.74) is 6.74. The maximum Gasteiger partial charge on any atom is 0.330 e. The Labute approximate surface area is 174 Å². The van der Waals surface area contributed by atoms with E-state index in [4.69, 9.17) is 5.73 Å². The summed E-state index contributed by atoms with van der Waals surface area (Å²) in [5.74, 6) is -0.390. The van der Waals surface area contributed by atoms with Crippen molar-refractivity contribution in [1.82, 2.24) is 18.9 Å². The molecule has 1 amide bonds. The molecule has 0 spiro atoms. The largest absolute Gasteiger partial charge is 0.383 e. The lowest BCUT2D eigenvalue weighted by atomic mass is 10.2. The molecule has 0 aromatic carbocycles. The van der Waals surface area contributed by atoms with Crippen LogP contribution in [0.3, 0.4) is 0 Å². The number of rotatable bonds is 7. The van der Waals surface area contributed by atoms with E-state index < -0.39 is 17.2 Å².